The molecule has 0 spiro atoms. The first-order valence-electron chi connectivity index (χ1n) is 8.17. The van der Waals surface area contributed by atoms with E-state index < -0.39 is 0 Å². The van der Waals surface area contributed by atoms with Gasteiger partial charge in [-0.25, -0.2) is 9.78 Å². The lowest BCUT2D eigenvalue weighted by molar-refractivity contribution is 0.201. The predicted molar refractivity (Wildman–Crippen MR) is 93.2 cm³/mol. The van der Waals surface area contributed by atoms with Crippen molar-refractivity contribution in [3.63, 3.8) is 0 Å². The lowest BCUT2D eigenvalue weighted by Crippen LogP contribution is -2.48. The molecular weight excluding hydrogens is 318 g/mol. The van der Waals surface area contributed by atoms with Crippen LogP contribution in [0, 0.1) is 11.3 Å². The van der Waals surface area contributed by atoms with E-state index >= 15 is 0 Å². The highest BCUT2D eigenvalue weighted by Crippen LogP contribution is 2.19. The SMILES string of the molecule is N#Cc1cccnc1N1CCN(Cn2c(=O)oc3ccccc32)CC1. The monoisotopic (exact) mass is 335 g/mol. The maximum Gasteiger partial charge on any atom is 0.421 e. The Morgan fingerprint density at radius 3 is 2.72 bits per heavy atom. The highest BCUT2D eigenvalue weighted by atomic mass is 16.4. The molecule has 2 aromatic heterocycles. The van der Waals surface area contributed by atoms with Gasteiger partial charge in [0.15, 0.2) is 5.58 Å². The smallest absolute Gasteiger partial charge is 0.408 e. The van der Waals surface area contributed by atoms with Crippen LogP contribution in [0.5, 0.6) is 0 Å². The molecule has 0 radical (unpaired) electrons. The highest BCUT2D eigenvalue weighted by Gasteiger charge is 2.21. The summed E-state index contributed by atoms with van der Waals surface area (Å²) in [4.78, 5) is 20.8. The summed E-state index contributed by atoms with van der Waals surface area (Å²) < 4.78 is 6.94. The second kappa shape index (κ2) is 6.42. The topological polar surface area (TPSA) is 78.3 Å². The Bertz CT molecular complexity index is 992. The fraction of sp³-hybridized carbons (Fsp3) is 0.278. The molecule has 3 heterocycles. The summed E-state index contributed by atoms with van der Waals surface area (Å²) >= 11 is 0. The number of nitriles is 1. The molecule has 0 N–H and O–H groups in total. The number of pyridine rings is 1. The Labute approximate surface area is 144 Å². The molecule has 7 heteroatoms. The van der Waals surface area contributed by atoms with Crippen molar-refractivity contribution in [1.29, 1.82) is 5.26 Å². The summed E-state index contributed by atoms with van der Waals surface area (Å²) in [5, 5.41) is 9.23. The Balaban J connectivity index is 1.48. The van der Waals surface area contributed by atoms with Gasteiger partial charge in [0.2, 0.25) is 0 Å². The van der Waals surface area contributed by atoms with Crippen LogP contribution < -0.4 is 10.7 Å². The number of anilines is 1. The van der Waals surface area contributed by atoms with Gasteiger partial charge in [-0.1, -0.05) is 12.1 Å². The van der Waals surface area contributed by atoms with E-state index in [0.29, 0.717) is 17.8 Å². The van der Waals surface area contributed by atoms with Crippen molar-refractivity contribution in [2.75, 3.05) is 31.1 Å². The quantitative estimate of drug-likeness (QED) is 0.724. The van der Waals surface area contributed by atoms with Gasteiger partial charge in [0.05, 0.1) is 17.7 Å². The fourth-order valence-corrected chi connectivity index (χ4v) is 3.19. The maximum absolute atomic E-state index is 12.1. The van der Waals surface area contributed by atoms with E-state index in [-0.39, 0.29) is 5.76 Å². The van der Waals surface area contributed by atoms with E-state index in [1.807, 2.05) is 18.2 Å². The van der Waals surface area contributed by atoms with Crippen LogP contribution in [-0.2, 0) is 6.67 Å². The second-order valence-electron chi connectivity index (χ2n) is 6.00. The number of piperazine rings is 1. The molecule has 25 heavy (non-hydrogen) atoms. The molecule has 1 aliphatic heterocycles. The van der Waals surface area contributed by atoms with Gasteiger partial charge < -0.3 is 9.32 Å². The molecule has 7 nitrogen and oxygen atoms in total. The number of hydrogen-bond acceptors (Lipinski definition) is 6. The van der Waals surface area contributed by atoms with Crippen molar-refractivity contribution in [1.82, 2.24) is 14.5 Å². The third kappa shape index (κ3) is 2.88. The minimum Gasteiger partial charge on any atom is -0.408 e. The average molecular weight is 335 g/mol. The second-order valence-corrected chi connectivity index (χ2v) is 6.00. The Morgan fingerprint density at radius 1 is 1.12 bits per heavy atom. The molecule has 0 bridgehead atoms. The highest BCUT2D eigenvalue weighted by molar-refractivity contribution is 5.72. The maximum atomic E-state index is 12.1. The summed E-state index contributed by atoms with van der Waals surface area (Å²) in [5.74, 6) is 0.399. The van der Waals surface area contributed by atoms with Crippen molar-refractivity contribution in [2.45, 2.75) is 6.67 Å². The van der Waals surface area contributed by atoms with Crippen molar-refractivity contribution >= 4 is 16.9 Å². The van der Waals surface area contributed by atoms with Crippen LogP contribution in [0.25, 0.3) is 11.1 Å². The van der Waals surface area contributed by atoms with E-state index in [4.69, 9.17) is 4.42 Å². The van der Waals surface area contributed by atoms with Crippen LogP contribution in [0.1, 0.15) is 5.56 Å². The molecule has 1 aromatic carbocycles. The van der Waals surface area contributed by atoms with Crippen molar-refractivity contribution in [3.05, 3.63) is 58.7 Å². The predicted octanol–water partition coefficient (Wildman–Crippen LogP) is 1.64. The van der Waals surface area contributed by atoms with Gasteiger partial charge in [0.1, 0.15) is 11.9 Å². The van der Waals surface area contributed by atoms with Gasteiger partial charge in [0.25, 0.3) is 0 Å². The lowest BCUT2D eigenvalue weighted by Gasteiger charge is -2.35. The number of para-hydroxylation sites is 2. The minimum atomic E-state index is -0.333. The molecular formula is C18H17N5O2. The zero-order valence-electron chi connectivity index (χ0n) is 13.6. The van der Waals surface area contributed by atoms with Gasteiger partial charge in [-0.15, -0.1) is 0 Å². The molecule has 1 saturated heterocycles. The number of rotatable bonds is 3. The first-order valence-corrected chi connectivity index (χ1v) is 8.17. The first kappa shape index (κ1) is 15.4. The molecule has 4 rings (SSSR count). The number of nitrogens with zero attached hydrogens (tertiary/aromatic N) is 5. The van der Waals surface area contributed by atoms with E-state index in [1.165, 1.54) is 0 Å². The van der Waals surface area contributed by atoms with Crippen LogP contribution in [-0.4, -0.2) is 40.6 Å². The third-order valence-electron chi connectivity index (χ3n) is 4.49. The lowest BCUT2D eigenvalue weighted by atomic mass is 10.2. The Kier molecular flexibility index (Phi) is 3.96. The molecule has 1 aliphatic rings. The summed E-state index contributed by atoms with van der Waals surface area (Å²) in [7, 11) is 0. The Hall–Kier alpha value is -3.11. The molecule has 0 aliphatic carbocycles. The van der Waals surface area contributed by atoms with Gasteiger partial charge in [-0.3, -0.25) is 9.47 Å². The van der Waals surface area contributed by atoms with Crippen LogP contribution in [0.3, 0.4) is 0 Å². The molecule has 0 saturated carbocycles. The molecule has 126 valence electrons. The summed E-state index contributed by atoms with van der Waals surface area (Å²) in [6, 6.07) is 13.2. The van der Waals surface area contributed by atoms with Gasteiger partial charge in [-0.2, -0.15) is 5.26 Å². The number of aromatic nitrogens is 2. The molecule has 3 aromatic rings. The number of oxazole rings is 1. The van der Waals surface area contributed by atoms with Crippen LogP contribution >= 0.6 is 0 Å². The zero-order valence-corrected chi connectivity index (χ0v) is 13.6. The zero-order chi connectivity index (χ0) is 17.2. The minimum absolute atomic E-state index is 0.333. The van der Waals surface area contributed by atoms with Crippen molar-refractivity contribution < 1.29 is 4.42 Å². The third-order valence-corrected chi connectivity index (χ3v) is 4.49. The first-order chi connectivity index (χ1) is 12.3. The molecule has 0 atom stereocenters. The van der Waals surface area contributed by atoms with E-state index in [2.05, 4.69) is 20.9 Å². The summed E-state index contributed by atoms with van der Waals surface area (Å²) in [6.45, 7) is 3.59. The van der Waals surface area contributed by atoms with E-state index in [1.54, 1.807) is 29.0 Å². The summed E-state index contributed by atoms with van der Waals surface area (Å²) in [5.41, 5.74) is 2.01. The fourth-order valence-electron chi connectivity index (χ4n) is 3.19. The van der Waals surface area contributed by atoms with Crippen LogP contribution in [0.2, 0.25) is 0 Å². The Morgan fingerprint density at radius 2 is 1.92 bits per heavy atom. The molecule has 1 fully saturated rings. The molecule has 0 amide bonds. The van der Waals surface area contributed by atoms with Crippen LogP contribution in [0.4, 0.5) is 5.82 Å². The van der Waals surface area contributed by atoms with Gasteiger partial charge >= 0.3 is 5.76 Å². The normalized spacial score (nSPS) is 15.4. The van der Waals surface area contributed by atoms with Gasteiger partial charge in [0, 0.05) is 32.4 Å². The van der Waals surface area contributed by atoms with E-state index in [9.17, 15) is 10.1 Å². The number of fused-ring (bicyclic) bond motifs is 1. The van der Waals surface area contributed by atoms with Crippen molar-refractivity contribution in [2.24, 2.45) is 0 Å². The average Bonchev–Trinajstić information content (AvgIpc) is 2.98. The largest absolute Gasteiger partial charge is 0.421 e. The van der Waals surface area contributed by atoms with Crippen molar-refractivity contribution in [3.8, 4) is 6.07 Å². The van der Waals surface area contributed by atoms with Crippen LogP contribution in [0.15, 0.2) is 51.8 Å². The van der Waals surface area contributed by atoms with E-state index in [0.717, 1.165) is 37.5 Å². The number of benzene rings is 1. The van der Waals surface area contributed by atoms with Gasteiger partial charge in [-0.05, 0) is 24.3 Å². The summed E-state index contributed by atoms with van der Waals surface area (Å²) in [6.07, 6.45) is 1.71. The number of hydrogen-bond donors (Lipinski definition) is 0. The standard InChI is InChI=1S/C18H17N5O2/c19-12-14-4-3-7-20-17(14)22-10-8-21(9-11-22)13-23-15-5-1-2-6-16(15)25-18(23)24/h1-7H,8-11,13H2. The molecule has 0 unspecified atom stereocenters.